The zero-order valence-corrected chi connectivity index (χ0v) is 18.8. The zero-order chi connectivity index (χ0) is 17.2. The molecule has 0 aromatic heterocycles. The summed E-state index contributed by atoms with van der Waals surface area (Å²) in [6, 6.07) is 2.90. The van der Waals surface area contributed by atoms with Crippen LogP contribution in [0.1, 0.15) is 53.4 Å². The second-order valence-electron chi connectivity index (χ2n) is 5.73. The first-order valence-corrected chi connectivity index (χ1v) is 13.7. The van der Waals surface area contributed by atoms with E-state index in [2.05, 4.69) is 0 Å². The first-order valence-electron chi connectivity index (χ1n) is 9.74. The molecule has 0 aromatic carbocycles. The highest BCUT2D eigenvalue weighted by Gasteiger charge is 2.08. The van der Waals surface area contributed by atoms with E-state index in [-0.39, 0.29) is 31.6 Å². The molecule has 0 unspecified atom stereocenters. The molecule has 0 atom stereocenters. The largest absolute Gasteiger partial charge is 0.353 e. The lowest BCUT2D eigenvalue weighted by Gasteiger charge is -2.16. The van der Waals surface area contributed by atoms with Gasteiger partial charge in [0.1, 0.15) is 0 Å². The fourth-order valence-electron chi connectivity index (χ4n) is 2.68. The molecule has 0 aliphatic heterocycles. The molecular formula is C17H40O4Si2. The Morgan fingerprint density at radius 3 is 1.26 bits per heavy atom. The molecule has 0 aliphatic rings. The van der Waals surface area contributed by atoms with E-state index >= 15 is 0 Å². The van der Waals surface area contributed by atoms with Gasteiger partial charge in [-0.2, -0.15) is 0 Å². The van der Waals surface area contributed by atoms with Crippen LogP contribution in [0.5, 0.6) is 0 Å². The average molecular weight is 365 g/mol. The van der Waals surface area contributed by atoms with Crippen molar-refractivity contribution in [3.8, 4) is 0 Å². The van der Waals surface area contributed by atoms with E-state index in [1.807, 2.05) is 27.7 Å². The lowest BCUT2D eigenvalue weighted by atomic mass is 10.3. The van der Waals surface area contributed by atoms with Gasteiger partial charge in [-0.25, -0.2) is 0 Å². The van der Waals surface area contributed by atoms with Gasteiger partial charge >= 0.3 is 0 Å². The van der Waals surface area contributed by atoms with Gasteiger partial charge in [0.15, 0.2) is 12.6 Å². The molecule has 0 N–H and O–H groups in total. The van der Waals surface area contributed by atoms with Crippen molar-refractivity contribution in [2.24, 2.45) is 0 Å². The quantitative estimate of drug-likeness (QED) is 0.213. The van der Waals surface area contributed by atoms with Gasteiger partial charge < -0.3 is 18.9 Å². The Morgan fingerprint density at radius 1 is 0.609 bits per heavy atom. The number of ether oxygens (including phenoxy) is 4. The van der Waals surface area contributed by atoms with Crippen molar-refractivity contribution in [3.05, 3.63) is 0 Å². The summed E-state index contributed by atoms with van der Waals surface area (Å²) in [6.07, 6.45) is 4.77. The van der Waals surface area contributed by atoms with Crippen LogP contribution in [-0.2, 0) is 18.9 Å². The first-order chi connectivity index (χ1) is 11.3. The summed E-state index contributed by atoms with van der Waals surface area (Å²) >= 11 is 0. The summed E-state index contributed by atoms with van der Waals surface area (Å²) in [5, 5.41) is 0. The monoisotopic (exact) mass is 364 g/mol. The highest BCUT2D eigenvalue weighted by atomic mass is 28.3. The highest BCUT2D eigenvalue weighted by Crippen LogP contribution is 2.09. The molecular weight excluding hydrogens is 324 g/mol. The van der Waals surface area contributed by atoms with Gasteiger partial charge in [-0.3, -0.25) is 0 Å². The number of hydrogen-bond donors (Lipinski definition) is 0. The normalized spacial score (nSPS) is 12.8. The lowest BCUT2D eigenvalue weighted by molar-refractivity contribution is -0.139. The Kier molecular flexibility index (Phi) is 18.8. The molecule has 0 bridgehead atoms. The number of hydrogen-bond acceptors (Lipinski definition) is 4. The van der Waals surface area contributed by atoms with Crippen molar-refractivity contribution in [2.45, 2.75) is 83.7 Å². The molecule has 0 aliphatic carbocycles. The summed E-state index contributed by atoms with van der Waals surface area (Å²) in [5.74, 6) is 0. The van der Waals surface area contributed by atoms with Crippen molar-refractivity contribution in [1.29, 1.82) is 0 Å². The Labute approximate surface area is 148 Å². The van der Waals surface area contributed by atoms with Crippen LogP contribution in [0.4, 0.5) is 0 Å². The summed E-state index contributed by atoms with van der Waals surface area (Å²) in [7, 11) is 0.324. The third kappa shape index (κ3) is 15.5. The third-order valence-corrected chi connectivity index (χ3v) is 9.79. The van der Waals surface area contributed by atoms with Crippen LogP contribution in [0.25, 0.3) is 0 Å². The minimum Gasteiger partial charge on any atom is -0.353 e. The van der Waals surface area contributed by atoms with Gasteiger partial charge in [0, 0.05) is 45.5 Å². The minimum absolute atomic E-state index is 0.0327. The van der Waals surface area contributed by atoms with E-state index in [1.54, 1.807) is 5.67 Å². The Hall–Kier alpha value is 0.274. The fraction of sp³-hybridized carbons (Fsp3) is 1.00. The van der Waals surface area contributed by atoms with Gasteiger partial charge in [-0.15, -0.1) is 0 Å². The van der Waals surface area contributed by atoms with Gasteiger partial charge in [0.25, 0.3) is 0 Å². The maximum Gasteiger partial charge on any atom is 0.157 e. The molecule has 6 heteroatoms. The summed E-state index contributed by atoms with van der Waals surface area (Å²) in [5.41, 5.74) is 1.60. The Balaban J connectivity index is 3.41. The van der Waals surface area contributed by atoms with Crippen LogP contribution in [0.15, 0.2) is 0 Å². The predicted molar refractivity (Wildman–Crippen MR) is 104 cm³/mol. The number of rotatable bonds is 18. The van der Waals surface area contributed by atoms with E-state index in [0.717, 1.165) is 39.3 Å². The smallest absolute Gasteiger partial charge is 0.157 e. The summed E-state index contributed by atoms with van der Waals surface area (Å²) in [6.45, 7) is 11.1. The van der Waals surface area contributed by atoms with Crippen LogP contribution in [0.3, 0.4) is 0 Å². The second-order valence-corrected chi connectivity index (χ2v) is 11.4. The average Bonchev–Trinajstić information content (AvgIpc) is 2.54. The van der Waals surface area contributed by atoms with Crippen molar-refractivity contribution >= 4 is 19.0 Å². The molecule has 140 valence electrons. The molecule has 0 saturated carbocycles. The van der Waals surface area contributed by atoms with Crippen LogP contribution < -0.4 is 0 Å². The highest BCUT2D eigenvalue weighted by molar-refractivity contribution is 6.55. The van der Waals surface area contributed by atoms with Gasteiger partial charge in [-0.05, 0) is 40.5 Å². The van der Waals surface area contributed by atoms with Crippen molar-refractivity contribution in [1.82, 2.24) is 0 Å². The third-order valence-electron chi connectivity index (χ3n) is 3.79. The molecule has 23 heavy (non-hydrogen) atoms. The topological polar surface area (TPSA) is 36.9 Å². The minimum atomic E-state index is 0.0327. The molecule has 0 radical (unpaired) electrons. The van der Waals surface area contributed by atoms with Crippen LogP contribution >= 0.6 is 0 Å². The Bertz CT molecular complexity index is 199. The molecule has 0 saturated heterocycles. The van der Waals surface area contributed by atoms with Crippen LogP contribution in [0.2, 0.25) is 17.8 Å². The lowest BCUT2D eigenvalue weighted by Crippen LogP contribution is -2.17. The Morgan fingerprint density at radius 2 is 0.957 bits per heavy atom. The summed E-state index contributed by atoms with van der Waals surface area (Å²) < 4.78 is 22.3. The molecule has 4 nitrogen and oxygen atoms in total. The van der Waals surface area contributed by atoms with E-state index in [1.165, 1.54) is 24.9 Å². The van der Waals surface area contributed by atoms with Crippen molar-refractivity contribution in [3.63, 3.8) is 0 Å². The maximum absolute atomic E-state index is 5.58. The van der Waals surface area contributed by atoms with Crippen LogP contribution in [0, 0.1) is 0 Å². The molecule has 0 amide bonds. The molecule has 0 spiro atoms. The van der Waals surface area contributed by atoms with E-state index in [4.69, 9.17) is 18.9 Å². The standard InChI is InChI=1S/C17H40O4Si2/c1-5-18-16(19-6-2)11-9-13-22-15-23-14-10-12-17(20-7-3)21-8-4/h16-17H,5-15,22-23H2,1-4H3. The second kappa shape index (κ2) is 18.6. The molecule has 0 fully saturated rings. The first kappa shape index (κ1) is 23.3. The SMILES string of the molecule is CCOC(CCC[SiH2]C[SiH2]CCCC(OCC)OCC)OCC. The summed E-state index contributed by atoms with van der Waals surface area (Å²) in [4.78, 5) is 0. The van der Waals surface area contributed by atoms with Gasteiger partial charge in [-0.1, -0.05) is 30.6 Å². The molecule has 0 aromatic rings. The predicted octanol–water partition coefficient (Wildman–Crippen LogP) is 2.90. The fourth-order valence-corrected chi connectivity index (χ4v) is 8.21. The van der Waals surface area contributed by atoms with E-state index in [0.29, 0.717) is 0 Å². The molecule has 0 rings (SSSR count). The van der Waals surface area contributed by atoms with Crippen molar-refractivity contribution < 1.29 is 18.9 Å². The zero-order valence-electron chi connectivity index (χ0n) is 16.0. The van der Waals surface area contributed by atoms with Crippen LogP contribution in [-0.4, -0.2) is 58.0 Å². The molecule has 0 heterocycles. The van der Waals surface area contributed by atoms with E-state index < -0.39 is 0 Å². The van der Waals surface area contributed by atoms with Crippen molar-refractivity contribution in [2.75, 3.05) is 26.4 Å². The van der Waals surface area contributed by atoms with Gasteiger partial charge in [0.2, 0.25) is 0 Å². The maximum atomic E-state index is 5.58. The van der Waals surface area contributed by atoms with E-state index in [9.17, 15) is 0 Å². The van der Waals surface area contributed by atoms with Gasteiger partial charge in [0.05, 0.1) is 0 Å².